The van der Waals surface area contributed by atoms with Gasteiger partial charge in [0.2, 0.25) is 0 Å². The first-order valence-electron chi connectivity index (χ1n) is 9.25. The van der Waals surface area contributed by atoms with E-state index in [0.29, 0.717) is 5.41 Å². The number of unbranched alkanes of at least 4 members (excludes halogenated alkanes) is 7. The molecular formula is C18H40NO3S+. The third-order valence-electron chi connectivity index (χ3n) is 4.71. The summed E-state index contributed by atoms with van der Waals surface area (Å²) in [7, 11) is -3.90. The van der Waals surface area contributed by atoms with Crippen LogP contribution in [0.25, 0.3) is 0 Å². The zero-order chi connectivity index (χ0) is 18.2. The molecule has 4 nitrogen and oxygen atoms in total. The molecule has 0 aliphatic heterocycles. The predicted octanol–water partition coefficient (Wildman–Crippen LogP) is 5.02. The van der Waals surface area contributed by atoms with Gasteiger partial charge in [-0.2, -0.15) is 8.42 Å². The van der Waals surface area contributed by atoms with Crippen molar-refractivity contribution in [2.45, 2.75) is 79.1 Å². The quantitative estimate of drug-likeness (QED) is 0.288. The monoisotopic (exact) mass is 350 g/mol. The Bertz CT molecular complexity index is 343. The van der Waals surface area contributed by atoms with Crippen molar-refractivity contribution in [2.24, 2.45) is 0 Å². The normalized spacial score (nSPS) is 11.7. The fraction of sp³-hybridized carbons (Fsp3) is 0.889. The van der Waals surface area contributed by atoms with Gasteiger partial charge in [-0.05, 0) is 33.6 Å². The van der Waals surface area contributed by atoms with E-state index in [0.717, 1.165) is 0 Å². The molecule has 0 rings (SSSR count). The second kappa shape index (κ2) is 15.2. The highest BCUT2D eigenvalue weighted by Crippen LogP contribution is 2.12. The molecule has 0 heterocycles. The van der Waals surface area contributed by atoms with Crippen LogP contribution in [0.2, 0.25) is 0 Å². The highest BCUT2D eigenvalue weighted by molar-refractivity contribution is 7.88. The minimum absolute atomic E-state index is 0.465. The Kier molecular flexibility index (Phi) is 16.4. The number of quaternary nitrogens is 1. The highest BCUT2D eigenvalue weighted by Gasteiger charge is 2.19. The molecule has 140 valence electrons. The van der Waals surface area contributed by atoms with Crippen molar-refractivity contribution in [3.8, 4) is 0 Å². The minimum atomic E-state index is -3.90. The number of hydrogen-bond acceptors (Lipinski definition) is 2. The van der Waals surface area contributed by atoms with Crippen LogP contribution >= 0.6 is 0 Å². The van der Waals surface area contributed by atoms with E-state index in [-0.39, 0.29) is 0 Å². The van der Waals surface area contributed by atoms with Gasteiger partial charge in [0.05, 0.1) is 31.6 Å². The molecule has 0 fully saturated rings. The summed E-state index contributed by atoms with van der Waals surface area (Å²) in [6.07, 6.45) is 11.5. The van der Waals surface area contributed by atoms with Gasteiger partial charge >= 0.3 is 0 Å². The third-order valence-corrected chi connectivity index (χ3v) is 5.13. The van der Waals surface area contributed by atoms with E-state index in [1.807, 2.05) is 0 Å². The van der Waals surface area contributed by atoms with Crippen molar-refractivity contribution in [3.63, 3.8) is 0 Å². The van der Waals surface area contributed by atoms with E-state index >= 15 is 0 Å². The lowest BCUT2D eigenvalue weighted by molar-refractivity contribution is -0.923. The van der Waals surface area contributed by atoms with Crippen LogP contribution in [0.1, 0.15) is 79.1 Å². The molecule has 0 aromatic rings. The lowest BCUT2D eigenvalue weighted by atomic mass is 10.1. The maximum atomic E-state index is 9.44. The second-order valence-corrected chi connectivity index (χ2v) is 7.53. The predicted molar refractivity (Wildman–Crippen MR) is 101 cm³/mol. The van der Waals surface area contributed by atoms with Crippen LogP contribution < -0.4 is 0 Å². The lowest BCUT2D eigenvalue weighted by Crippen LogP contribution is -2.48. The largest absolute Gasteiger partial charge is 0.324 e. The van der Waals surface area contributed by atoms with E-state index < -0.39 is 10.1 Å². The van der Waals surface area contributed by atoms with E-state index in [9.17, 15) is 8.42 Å². The molecule has 0 unspecified atom stereocenters. The van der Waals surface area contributed by atoms with Gasteiger partial charge in [0, 0.05) is 0 Å². The Morgan fingerprint density at radius 2 is 1.17 bits per heavy atom. The first-order chi connectivity index (χ1) is 10.8. The summed E-state index contributed by atoms with van der Waals surface area (Å²) in [5.74, 6) is 0. The average Bonchev–Trinajstić information content (AvgIpc) is 2.54. The summed E-state index contributed by atoms with van der Waals surface area (Å²) in [5, 5.41) is 0.465. The van der Waals surface area contributed by atoms with E-state index in [1.54, 1.807) is 0 Å². The van der Waals surface area contributed by atoms with Crippen LogP contribution in [0, 0.1) is 0 Å². The molecule has 0 atom stereocenters. The molecule has 0 amide bonds. The molecule has 0 saturated carbocycles. The molecule has 0 bridgehead atoms. The molecule has 1 N–H and O–H groups in total. The summed E-state index contributed by atoms with van der Waals surface area (Å²) in [6.45, 7) is 17.4. The van der Waals surface area contributed by atoms with Crippen molar-refractivity contribution in [3.05, 3.63) is 12.0 Å². The van der Waals surface area contributed by atoms with Gasteiger partial charge in [-0.15, -0.1) is 0 Å². The van der Waals surface area contributed by atoms with Gasteiger partial charge in [-0.25, -0.2) is 0 Å². The molecule has 0 radical (unpaired) electrons. The Labute approximate surface area is 145 Å². The van der Waals surface area contributed by atoms with Gasteiger partial charge in [0.15, 0.2) is 0 Å². The van der Waals surface area contributed by atoms with Gasteiger partial charge in [0.1, 0.15) is 0 Å². The van der Waals surface area contributed by atoms with Crippen molar-refractivity contribution in [1.82, 2.24) is 0 Å². The summed E-state index contributed by atoms with van der Waals surface area (Å²) in [5.41, 5.74) is 0. The number of rotatable bonds is 13. The van der Waals surface area contributed by atoms with E-state index in [1.165, 1.54) is 82.0 Å². The van der Waals surface area contributed by atoms with Crippen molar-refractivity contribution in [1.29, 1.82) is 0 Å². The molecule has 0 saturated heterocycles. The zero-order valence-electron chi connectivity index (χ0n) is 15.9. The van der Waals surface area contributed by atoms with Crippen LogP contribution in [-0.4, -0.2) is 43.6 Å². The Balaban J connectivity index is 0. The number of nitrogens with zero attached hydrogens (tertiary/aromatic N) is 1. The van der Waals surface area contributed by atoms with Crippen LogP contribution in [0.3, 0.4) is 0 Å². The Hall–Kier alpha value is -0.390. The standard InChI is InChI=1S/C16H36N.C2H4O3S/c1-5-9-10-11-12-13-14-15-16-17(6-2,7-3)8-4;1-2-6(3,4)5/h5-16H2,1-4H3;2H,1H2,(H,3,4,5)/q+1;. The number of hydrogen-bond donors (Lipinski definition) is 1. The van der Waals surface area contributed by atoms with Gasteiger partial charge in [-0.3, -0.25) is 4.55 Å². The van der Waals surface area contributed by atoms with Gasteiger partial charge in [0.25, 0.3) is 10.1 Å². The van der Waals surface area contributed by atoms with Crippen LogP contribution in [-0.2, 0) is 10.1 Å². The maximum absolute atomic E-state index is 9.44. The molecule has 0 aromatic carbocycles. The van der Waals surface area contributed by atoms with Crippen molar-refractivity contribution in [2.75, 3.05) is 26.2 Å². The van der Waals surface area contributed by atoms with Crippen LogP contribution in [0.5, 0.6) is 0 Å². The topological polar surface area (TPSA) is 54.4 Å². The maximum Gasteiger partial charge on any atom is 0.287 e. The smallest absolute Gasteiger partial charge is 0.287 e. The van der Waals surface area contributed by atoms with Crippen LogP contribution in [0.4, 0.5) is 0 Å². The Morgan fingerprint density at radius 1 is 0.826 bits per heavy atom. The first kappa shape index (κ1) is 24.9. The zero-order valence-corrected chi connectivity index (χ0v) is 16.7. The fourth-order valence-electron chi connectivity index (χ4n) is 2.73. The SMILES string of the molecule is C=CS(=O)(=O)O.CCCCCCCCCC[N+](CC)(CC)CC. The molecule has 5 heteroatoms. The second-order valence-electron chi connectivity index (χ2n) is 6.17. The molecule has 0 spiro atoms. The molecule has 23 heavy (non-hydrogen) atoms. The molecule has 0 aliphatic rings. The first-order valence-corrected chi connectivity index (χ1v) is 10.8. The summed E-state index contributed by atoms with van der Waals surface area (Å²) in [6, 6.07) is 0. The van der Waals surface area contributed by atoms with Crippen molar-refractivity contribution < 1.29 is 17.5 Å². The van der Waals surface area contributed by atoms with E-state index in [2.05, 4.69) is 34.3 Å². The summed E-state index contributed by atoms with van der Waals surface area (Å²) in [4.78, 5) is 0. The van der Waals surface area contributed by atoms with Crippen molar-refractivity contribution >= 4 is 10.1 Å². The fourth-order valence-corrected chi connectivity index (χ4v) is 2.73. The average molecular weight is 351 g/mol. The Morgan fingerprint density at radius 3 is 1.48 bits per heavy atom. The molecule has 0 aliphatic carbocycles. The summed E-state index contributed by atoms with van der Waals surface area (Å²) < 4.78 is 27.9. The van der Waals surface area contributed by atoms with E-state index in [4.69, 9.17) is 4.55 Å². The highest BCUT2D eigenvalue weighted by atomic mass is 32.2. The third kappa shape index (κ3) is 16.3. The minimum Gasteiger partial charge on any atom is -0.324 e. The summed E-state index contributed by atoms with van der Waals surface area (Å²) >= 11 is 0. The lowest BCUT2D eigenvalue weighted by Gasteiger charge is -2.35. The van der Waals surface area contributed by atoms with Crippen LogP contribution in [0.15, 0.2) is 12.0 Å². The van der Waals surface area contributed by atoms with Gasteiger partial charge < -0.3 is 4.48 Å². The molecular weight excluding hydrogens is 310 g/mol. The van der Waals surface area contributed by atoms with Gasteiger partial charge in [-0.1, -0.05) is 52.0 Å². The molecule has 0 aromatic heterocycles.